The van der Waals surface area contributed by atoms with E-state index in [0.29, 0.717) is 23.7 Å². The number of fused-ring (bicyclic) bond motifs is 2. The average Bonchev–Trinajstić information content (AvgIpc) is 3.91. The van der Waals surface area contributed by atoms with Crippen molar-refractivity contribution in [1.82, 2.24) is 0 Å². The van der Waals surface area contributed by atoms with Crippen LogP contribution in [0.5, 0.6) is 0 Å². The third-order valence-corrected chi connectivity index (χ3v) is 11.9. The van der Waals surface area contributed by atoms with Gasteiger partial charge in [0.2, 0.25) is 0 Å². The molecule has 2 aromatic carbocycles. The van der Waals surface area contributed by atoms with E-state index in [1.54, 1.807) is 45.6 Å². The zero-order valence-electron chi connectivity index (χ0n) is 37.7. The standard InChI is InChI=1S/2C26H31.C2H6Si.2ClH.Zr/c2*1-17(2)13-18-14-21-16-20-7-6-8-23(20)25(24(21)15-18)19-9-11-22(12-10-19)26(3,4)5;1-3-2;;;/h2*9-12,15-17,25H,6-8,13H2,1-5H3;1-2H3;2*1H;/q2*-1;;;;+2/p-2. The zero-order chi connectivity index (χ0) is 40.5. The van der Waals surface area contributed by atoms with Crippen LogP contribution in [0.25, 0.3) is 0 Å². The van der Waals surface area contributed by atoms with E-state index in [2.05, 4.69) is 167 Å². The number of hydrogen-bond acceptors (Lipinski definition) is 0. The van der Waals surface area contributed by atoms with Gasteiger partial charge in [0.25, 0.3) is 0 Å². The minimum absolute atomic E-state index is 0. The van der Waals surface area contributed by atoms with Gasteiger partial charge >= 0.3 is 41.9 Å². The minimum Gasteiger partial charge on any atom is -1.00 e. The van der Waals surface area contributed by atoms with E-state index in [-0.39, 0.29) is 41.1 Å². The topological polar surface area (TPSA) is 0 Å². The Morgan fingerprint density at radius 3 is 1.19 bits per heavy atom. The van der Waals surface area contributed by atoms with Crippen LogP contribution in [0.1, 0.15) is 155 Å². The molecule has 0 fully saturated rings. The van der Waals surface area contributed by atoms with E-state index in [4.69, 9.17) is 0 Å². The van der Waals surface area contributed by atoms with Gasteiger partial charge in [-0.3, -0.25) is 0 Å². The van der Waals surface area contributed by atoms with Gasteiger partial charge in [0, 0.05) is 0 Å². The normalized spacial score (nSPS) is 20.4. The fourth-order valence-corrected chi connectivity index (χ4v) is 9.32. The summed E-state index contributed by atoms with van der Waals surface area (Å²) in [7, 11) is 0. The smallest absolute Gasteiger partial charge is 1.00 e. The van der Waals surface area contributed by atoms with Crippen molar-refractivity contribution in [3.05, 3.63) is 163 Å². The number of allylic oxidation sites excluding steroid dienone is 16. The molecule has 2 atom stereocenters. The summed E-state index contributed by atoms with van der Waals surface area (Å²) in [6.45, 7) is 27.5. The first-order valence-electron chi connectivity index (χ1n) is 21.7. The summed E-state index contributed by atoms with van der Waals surface area (Å²) in [4.78, 5) is 0. The molecule has 0 saturated heterocycles. The van der Waals surface area contributed by atoms with Gasteiger partial charge in [0.05, 0.1) is 0 Å². The fraction of sp³-hybridized carbons (Fsp3) is 0.481. The first-order chi connectivity index (χ1) is 26.4. The molecule has 308 valence electrons. The largest absolute Gasteiger partial charge is 1.00 e. The van der Waals surface area contributed by atoms with E-state index in [0.717, 1.165) is 12.8 Å². The van der Waals surface area contributed by atoms with Gasteiger partial charge in [-0.05, 0) is 108 Å². The molecule has 0 N–H and O–H groups in total. The van der Waals surface area contributed by atoms with Crippen molar-refractivity contribution in [2.24, 2.45) is 11.8 Å². The molecule has 2 unspecified atom stereocenters. The molecule has 0 aliphatic heterocycles. The van der Waals surface area contributed by atoms with Gasteiger partial charge in [-0.2, -0.15) is 34.4 Å². The van der Waals surface area contributed by atoms with Crippen molar-refractivity contribution in [2.75, 3.05) is 0 Å². The quantitative estimate of drug-likeness (QED) is 0.201. The summed E-state index contributed by atoms with van der Waals surface area (Å²) in [5.41, 5.74) is 21.3. The van der Waals surface area contributed by atoms with E-state index < -0.39 is 0 Å². The number of halogens is 2. The second kappa shape index (κ2) is 20.3. The molecule has 0 heterocycles. The molecule has 0 bridgehead atoms. The third kappa shape index (κ3) is 11.7. The maximum absolute atomic E-state index is 3.72. The summed E-state index contributed by atoms with van der Waals surface area (Å²) in [6, 6.07) is 18.8. The van der Waals surface area contributed by atoms with Crippen molar-refractivity contribution in [1.29, 1.82) is 0 Å². The van der Waals surface area contributed by atoms with Gasteiger partial charge in [-0.15, -0.1) is 35.5 Å². The van der Waals surface area contributed by atoms with Crippen molar-refractivity contribution in [3.63, 3.8) is 0 Å². The Hall–Kier alpha value is -1.96. The second-order valence-corrected chi connectivity index (χ2v) is 29.6. The Morgan fingerprint density at radius 1 is 0.569 bits per heavy atom. The molecular formula is C54H68Cl2SiZr-2. The zero-order valence-corrected chi connectivity index (χ0v) is 42.6. The molecule has 0 amide bonds. The maximum Gasteiger partial charge on any atom is -1.00 e. The third-order valence-electron chi connectivity index (χ3n) is 11.9. The Labute approximate surface area is 381 Å². The van der Waals surface area contributed by atoms with E-state index in [9.17, 15) is 0 Å². The fourth-order valence-electron chi connectivity index (χ4n) is 9.32. The number of benzene rings is 2. The van der Waals surface area contributed by atoms with Crippen molar-refractivity contribution in [3.8, 4) is 0 Å². The average molecular weight is 907 g/mol. The molecule has 2 aromatic rings. The van der Waals surface area contributed by atoms with Crippen LogP contribution in [0.2, 0.25) is 13.1 Å². The van der Waals surface area contributed by atoms with Crippen molar-refractivity contribution in [2.45, 2.75) is 156 Å². The molecule has 58 heavy (non-hydrogen) atoms. The molecule has 0 spiro atoms. The summed E-state index contributed by atoms with van der Waals surface area (Å²) < 4.78 is 0. The summed E-state index contributed by atoms with van der Waals surface area (Å²) >= 11 is 1.74. The maximum atomic E-state index is 3.72. The predicted molar refractivity (Wildman–Crippen MR) is 240 cm³/mol. The van der Waals surface area contributed by atoms with E-state index >= 15 is 0 Å². The summed E-state index contributed by atoms with van der Waals surface area (Å²) in [5, 5.41) is 0. The van der Waals surface area contributed by atoms with Crippen LogP contribution < -0.4 is 24.8 Å². The molecular weight excluding hydrogens is 839 g/mol. The van der Waals surface area contributed by atoms with Gasteiger partial charge in [-0.25, -0.2) is 0 Å². The Kier molecular flexibility index (Phi) is 17.0. The van der Waals surface area contributed by atoms with Crippen LogP contribution in [-0.2, 0) is 34.2 Å². The number of rotatable bonds is 6. The Balaban J connectivity index is 0.000000228. The predicted octanol–water partition coefficient (Wildman–Crippen LogP) is 9.20. The second-order valence-electron chi connectivity index (χ2n) is 20.2. The van der Waals surface area contributed by atoms with Gasteiger partial charge in [-0.1, -0.05) is 140 Å². The summed E-state index contributed by atoms with van der Waals surface area (Å²) in [6.07, 6.45) is 27.0. The van der Waals surface area contributed by atoms with Gasteiger partial charge < -0.3 is 24.8 Å². The van der Waals surface area contributed by atoms with E-state index in [1.165, 1.54) is 94.2 Å². The van der Waals surface area contributed by atoms with Gasteiger partial charge in [0.1, 0.15) is 0 Å². The van der Waals surface area contributed by atoms with Crippen LogP contribution in [0.3, 0.4) is 0 Å². The molecule has 0 aromatic heterocycles. The van der Waals surface area contributed by atoms with E-state index in [1.807, 2.05) is 0 Å². The number of hydrogen-bond donors (Lipinski definition) is 0. The molecule has 6 aliphatic rings. The molecule has 6 aliphatic carbocycles. The molecule has 4 heteroatoms. The molecule has 8 rings (SSSR count). The first-order valence-corrected chi connectivity index (χ1v) is 27.9. The first kappa shape index (κ1) is 48.7. The van der Waals surface area contributed by atoms with Crippen molar-refractivity contribution >= 4 is 5.43 Å². The van der Waals surface area contributed by atoms with Gasteiger partial charge in [0.15, 0.2) is 0 Å². The van der Waals surface area contributed by atoms with Crippen LogP contribution >= 0.6 is 0 Å². The molecule has 0 nitrogen and oxygen atoms in total. The molecule has 0 radical (unpaired) electrons. The molecule has 0 saturated carbocycles. The SMILES string of the molecule is CC(C)CC1=[C-]C2=CC3=C(CCC3)C(c3ccc(C(C)(C)C)cc3)C2=C1.CC(C)CC1=[C-]C2=CC3=C(CCC3)C(c3ccc(C(C)(C)C)cc3)C2=C1.C[Si](C)=[Zr+2].[Cl-].[Cl-]. The van der Waals surface area contributed by atoms with Crippen LogP contribution in [0.15, 0.2) is 129 Å². The summed E-state index contributed by atoms with van der Waals surface area (Å²) in [5.74, 6) is 2.25. The Bertz CT molecular complexity index is 1930. The van der Waals surface area contributed by atoms with Crippen LogP contribution in [0.4, 0.5) is 0 Å². The van der Waals surface area contributed by atoms with Crippen LogP contribution in [-0.4, -0.2) is 5.43 Å². The monoisotopic (exact) mass is 904 g/mol. The Morgan fingerprint density at radius 2 is 0.897 bits per heavy atom. The van der Waals surface area contributed by atoms with Crippen LogP contribution in [0, 0.1) is 24.0 Å². The minimum atomic E-state index is 0. The van der Waals surface area contributed by atoms with Crippen molar-refractivity contribution < 1.29 is 48.1 Å².